The lowest BCUT2D eigenvalue weighted by Crippen LogP contribution is -2.13. The number of hydrogen-bond donors (Lipinski definition) is 10. The van der Waals surface area contributed by atoms with Gasteiger partial charge in [0.1, 0.15) is 23.1 Å². The van der Waals surface area contributed by atoms with Crippen LogP contribution in [-0.4, -0.2) is 91.1 Å². The fourth-order valence-corrected chi connectivity index (χ4v) is 16.7. The molecule has 0 aliphatic rings. The molecule has 12 aromatic rings. The molecule has 0 atom stereocenters. The molecule has 0 aromatic heterocycles. The zero-order valence-electron chi connectivity index (χ0n) is 51.8. The third-order valence-electron chi connectivity index (χ3n) is 14.3. The third kappa shape index (κ3) is 19.0. The Morgan fingerprint density at radius 2 is 0.590 bits per heavy atom. The highest BCUT2D eigenvalue weighted by molar-refractivity contribution is 8.01. The number of hydrogen-bond acceptors (Lipinski definition) is 18. The number of fused-ring (bicyclic) bond motifs is 3. The fraction of sp³-hybridized carbons (Fsp3) is 0.0417. The monoisotopic (exact) mass is 1490 g/mol. The summed E-state index contributed by atoms with van der Waals surface area (Å²) in [6.07, 6.45) is 0. The molecule has 0 saturated carbocycles. The number of carboxylic acids is 3. The second-order valence-corrected chi connectivity index (χ2v) is 31.6. The lowest BCUT2D eigenvalue weighted by molar-refractivity contribution is -0.134. The zero-order chi connectivity index (χ0) is 71.1. The molecule has 19 nitrogen and oxygen atoms in total. The first-order valence-electron chi connectivity index (χ1n) is 29.5. The van der Waals surface area contributed by atoms with Gasteiger partial charge in [0.25, 0.3) is 30.1 Å². The first kappa shape index (κ1) is 72.7. The van der Waals surface area contributed by atoms with Gasteiger partial charge in [-0.2, -0.15) is 0 Å². The molecular formula is C72H57FN4O15S8. The Bertz CT molecular complexity index is 5110. The number of phenols is 3. The van der Waals surface area contributed by atoms with Crippen molar-refractivity contribution < 1.29 is 74.7 Å². The number of carbonyl (C=O) groups is 3. The van der Waals surface area contributed by atoms with Crippen molar-refractivity contribution in [2.75, 3.05) is 36.7 Å². The molecular weight excluding hydrogens is 1440 g/mol. The van der Waals surface area contributed by atoms with Crippen LogP contribution in [-0.2, 0) is 44.5 Å². The zero-order valence-corrected chi connectivity index (χ0v) is 58.3. The number of phenolic OH excluding ortho intramolecular Hbond substituents is 3. The van der Waals surface area contributed by atoms with E-state index in [0.29, 0.717) is 32.3 Å². The van der Waals surface area contributed by atoms with Crippen LogP contribution < -0.4 is 19.5 Å². The number of anilines is 5. The number of halogens is 1. The molecule has 510 valence electrons. The lowest BCUT2D eigenvalue weighted by atomic mass is 10.1. The van der Waals surface area contributed by atoms with E-state index in [1.165, 1.54) is 90.3 Å². The van der Waals surface area contributed by atoms with Gasteiger partial charge < -0.3 is 36.0 Å². The molecule has 0 radical (unpaired) electrons. The summed E-state index contributed by atoms with van der Waals surface area (Å²) in [7, 11) is -11.8. The van der Waals surface area contributed by atoms with Crippen LogP contribution in [0.3, 0.4) is 0 Å². The first-order valence-corrected chi connectivity index (χ1v) is 38.6. The van der Waals surface area contributed by atoms with E-state index in [2.05, 4.69) is 19.5 Å². The van der Waals surface area contributed by atoms with E-state index < -0.39 is 48.0 Å². The van der Waals surface area contributed by atoms with Gasteiger partial charge in [0.15, 0.2) is 0 Å². The van der Waals surface area contributed by atoms with Crippen molar-refractivity contribution >= 4 is 168 Å². The maximum atomic E-state index is 13.1. The molecule has 28 heteroatoms. The Labute approximate surface area is 595 Å². The van der Waals surface area contributed by atoms with Gasteiger partial charge in [-0.05, 0) is 140 Å². The molecule has 0 aliphatic carbocycles. The van der Waals surface area contributed by atoms with Crippen LogP contribution >= 0.6 is 58.8 Å². The summed E-state index contributed by atoms with van der Waals surface area (Å²) in [5, 5.41) is 64.6. The van der Waals surface area contributed by atoms with Crippen molar-refractivity contribution in [1.82, 2.24) is 0 Å². The summed E-state index contributed by atoms with van der Waals surface area (Å²) >= 11 is 5.64. The Morgan fingerprint density at radius 1 is 0.330 bits per heavy atom. The molecule has 0 unspecified atom stereocenters. The summed E-state index contributed by atoms with van der Waals surface area (Å²) < 4.78 is 99.4. The summed E-state index contributed by atoms with van der Waals surface area (Å²) in [4.78, 5) is 37.5. The van der Waals surface area contributed by atoms with E-state index in [-0.39, 0.29) is 86.8 Å². The third-order valence-corrected chi connectivity index (χ3v) is 23.5. The molecule has 12 aromatic carbocycles. The quantitative estimate of drug-likeness (QED) is 0.0198. The van der Waals surface area contributed by atoms with Gasteiger partial charge in [-0.3, -0.25) is 28.5 Å². The van der Waals surface area contributed by atoms with Crippen molar-refractivity contribution in [3.05, 3.63) is 255 Å². The summed E-state index contributed by atoms with van der Waals surface area (Å²) in [5.41, 5.74) is 2.36. The number of aromatic hydroxyl groups is 3. The van der Waals surface area contributed by atoms with E-state index >= 15 is 0 Å². The summed E-state index contributed by atoms with van der Waals surface area (Å²) in [6, 6.07) is 69.1. The first-order chi connectivity index (χ1) is 47.9. The van der Waals surface area contributed by atoms with E-state index in [0.717, 1.165) is 66.2 Å². The predicted octanol–water partition coefficient (Wildman–Crippen LogP) is 16.8. The van der Waals surface area contributed by atoms with Crippen LogP contribution in [0, 0.1) is 5.82 Å². The van der Waals surface area contributed by atoms with E-state index in [9.17, 15) is 59.3 Å². The number of benzene rings is 12. The number of nitrogens with one attached hydrogen (secondary N) is 4. The number of sulfonamides is 3. The lowest BCUT2D eigenvalue weighted by Gasteiger charge is -2.15. The predicted molar refractivity (Wildman–Crippen MR) is 394 cm³/mol. The van der Waals surface area contributed by atoms with Gasteiger partial charge in [-0.25, -0.2) is 29.6 Å². The molecule has 12 rings (SSSR count). The molecule has 0 bridgehead atoms. The van der Waals surface area contributed by atoms with Gasteiger partial charge in [0, 0.05) is 63.3 Å². The molecule has 0 fully saturated rings. The fourth-order valence-electron chi connectivity index (χ4n) is 9.66. The van der Waals surface area contributed by atoms with Gasteiger partial charge >= 0.3 is 17.9 Å². The van der Waals surface area contributed by atoms with Gasteiger partial charge in [0.2, 0.25) is 0 Å². The van der Waals surface area contributed by atoms with Crippen molar-refractivity contribution in [2.45, 2.75) is 49.0 Å². The van der Waals surface area contributed by atoms with E-state index in [4.69, 9.17) is 15.3 Å². The van der Waals surface area contributed by atoms with Crippen molar-refractivity contribution in [3.8, 4) is 17.2 Å². The van der Waals surface area contributed by atoms with Gasteiger partial charge in [-0.15, -0.1) is 35.3 Å². The van der Waals surface area contributed by atoms with E-state index in [1.807, 2.05) is 60.7 Å². The summed E-state index contributed by atoms with van der Waals surface area (Å²) in [6.45, 7) is 0. The maximum Gasteiger partial charge on any atom is 0.313 e. The minimum atomic E-state index is -3.98. The number of rotatable bonds is 24. The molecule has 0 amide bonds. The number of para-hydroxylation sites is 1. The smallest absolute Gasteiger partial charge is 0.313 e. The SMILES string of the molecule is O=C(O)CSc1cc(NS(=O)(=O)c2ccc(Nc3ccccc3)cc2)c2ccccc2c1O.O=C(O)CSc1cc(NS(=O)(=O)c2ccc(Sc3ccc(F)cc3)cc2)c2ccccc2c1O.O=C(O)CSc1cc(NS(=O)(=O)c2ccc(Sc3ccccc3)cc2)c2ccccc2c1O. The highest BCUT2D eigenvalue weighted by Gasteiger charge is 2.23. The Balaban J connectivity index is 0.000000162. The van der Waals surface area contributed by atoms with E-state index in [1.54, 1.807) is 121 Å². The average Bonchev–Trinajstić information content (AvgIpc) is 0.787. The molecule has 0 saturated heterocycles. The molecule has 100 heavy (non-hydrogen) atoms. The Morgan fingerprint density at radius 3 is 0.910 bits per heavy atom. The standard InChI is InChI=1S/C24H18FNO5S3.C24H20N2O5S2.C24H19NO5S3/c25-15-5-7-16(8-6-15)33-17-9-11-18(12-10-17)34(30,31)26-21-13-22(32-14-23(27)28)24(29)20-4-2-1-3-19(20)21;27-23(28)15-32-22-14-21(19-8-4-5-9-20(19)24(22)29)26-33(30,31)18-12-10-17(11-13-18)25-16-6-2-1-3-7-16;26-23(27)15-31-22-14-21(19-8-4-5-9-20(19)24(22)28)25-33(29,30)18-12-10-17(11-13-18)32-16-6-2-1-3-7-16/h1-13,26,29H,14H2,(H,27,28);1-14,25-26,29H,15H2,(H,27,28);1-14,25,28H,15H2,(H,26,27). The van der Waals surface area contributed by atoms with Crippen LogP contribution in [0.15, 0.2) is 298 Å². The van der Waals surface area contributed by atoms with Crippen LogP contribution in [0.1, 0.15) is 0 Å². The molecule has 0 aliphatic heterocycles. The highest BCUT2D eigenvalue weighted by atomic mass is 32.2. The van der Waals surface area contributed by atoms with Crippen LogP contribution in [0.4, 0.5) is 32.8 Å². The molecule has 0 heterocycles. The molecule has 10 N–H and O–H groups in total. The average molecular weight is 1490 g/mol. The van der Waals surface area contributed by atoms with Crippen LogP contribution in [0.25, 0.3) is 32.3 Å². The minimum Gasteiger partial charge on any atom is -0.506 e. The largest absolute Gasteiger partial charge is 0.506 e. The second-order valence-electron chi connectivity index (χ2n) is 21.2. The van der Waals surface area contributed by atoms with Crippen molar-refractivity contribution in [1.29, 1.82) is 0 Å². The highest BCUT2D eigenvalue weighted by Crippen LogP contribution is 2.44. The second kappa shape index (κ2) is 32.8. The minimum absolute atomic E-state index is 0.0350. The van der Waals surface area contributed by atoms with Crippen molar-refractivity contribution in [3.63, 3.8) is 0 Å². The number of carboxylic acid groups (broad SMARTS) is 3. The van der Waals surface area contributed by atoms with Crippen LogP contribution in [0.2, 0.25) is 0 Å². The van der Waals surface area contributed by atoms with Crippen LogP contribution in [0.5, 0.6) is 17.2 Å². The number of thioether (sulfide) groups is 3. The van der Waals surface area contributed by atoms with Crippen molar-refractivity contribution in [2.24, 2.45) is 0 Å². The maximum absolute atomic E-state index is 13.1. The number of aliphatic carboxylic acids is 3. The Hall–Kier alpha value is -10.0. The Kier molecular flexibility index (Phi) is 23.8. The van der Waals surface area contributed by atoms with Gasteiger partial charge in [-0.1, -0.05) is 133 Å². The van der Waals surface area contributed by atoms with Gasteiger partial charge in [0.05, 0.1) is 63.7 Å². The normalized spacial score (nSPS) is 11.4. The topological polar surface area (TPSA) is 323 Å². The molecule has 0 spiro atoms. The summed E-state index contributed by atoms with van der Waals surface area (Å²) in [5.74, 6) is -4.56.